The van der Waals surface area contributed by atoms with Gasteiger partial charge in [0.2, 0.25) is 0 Å². The number of para-hydroxylation sites is 2. The van der Waals surface area contributed by atoms with Crippen molar-refractivity contribution in [3.63, 3.8) is 0 Å². The van der Waals surface area contributed by atoms with Gasteiger partial charge in [0.05, 0.1) is 19.1 Å². The maximum atomic E-state index is 12.2. The average Bonchev–Trinajstić information content (AvgIpc) is 2.72. The van der Waals surface area contributed by atoms with E-state index in [1.165, 1.54) is 45.4 Å². The topological polar surface area (TPSA) is 117 Å². The lowest BCUT2D eigenvalue weighted by Gasteiger charge is -2.12. The highest BCUT2D eigenvalue weighted by Gasteiger charge is 2.20. The highest BCUT2D eigenvalue weighted by atomic mass is 16.6. The molecule has 2 aromatic carbocycles. The predicted molar refractivity (Wildman–Crippen MR) is 106 cm³/mol. The Morgan fingerprint density at radius 1 is 1.10 bits per heavy atom. The molecule has 9 heteroatoms. The van der Waals surface area contributed by atoms with Crippen LogP contribution in [0.4, 0.5) is 11.4 Å². The molecule has 0 aliphatic heterocycles. The van der Waals surface area contributed by atoms with Gasteiger partial charge in [0, 0.05) is 12.1 Å². The second-order valence-corrected chi connectivity index (χ2v) is 5.79. The van der Waals surface area contributed by atoms with Gasteiger partial charge in [-0.25, -0.2) is 4.79 Å². The molecule has 9 nitrogen and oxygen atoms in total. The molecule has 2 rings (SSSR count). The minimum atomic E-state index is -1.16. The number of hydrogen-bond donors (Lipinski definition) is 1. The Hall–Kier alpha value is -3.88. The van der Waals surface area contributed by atoms with Crippen LogP contribution in [0, 0.1) is 10.1 Å². The molecule has 0 saturated heterocycles. The maximum absolute atomic E-state index is 12.2. The summed E-state index contributed by atoms with van der Waals surface area (Å²) in [5, 5.41) is 13.4. The monoisotopic (exact) mass is 400 g/mol. The Balaban J connectivity index is 1.99. The number of ether oxygens (including phenoxy) is 3. The lowest BCUT2D eigenvalue weighted by molar-refractivity contribution is -0.383. The fraction of sp³-hybridized carbons (Fsp3) is 0.200. The second kappa shape index (κ2) is 9.88. The van der Waals surface area contributed by atoms with Crippen molar-refractivity contribution in [2.24, 2.45) is 0 Å². The molecule has 0 radical (unpaired) electrons. The van der Waals surface area contributed by atoms with Gasteiger partial charge in [-0.2, -0.15) is 0 Å². The van der Waals surface area contributed by atoms with E-state index in [0.29, 0.717) is 17.1 Å². The number of carbonyl (C=O) groups is 2. The fourth-order valence-electron chi connectivity index (χ4n) is 2.36. The first-order valence-corrected chi connectivity index (χ1v) is 8.50. The van der Waals surface area contributed by atoms with Gasteiger partial charge in [-0.05, 0) is 36.8 Å². The number of nitro groups is 1. The molecule has 1 amide bonds. The number of nitrogens with one attached hydrogen (secondary N) is 1. The summed E-state index contributed by atoms with van der Waals surface area (Å²) in [7, 11) is 3.01. The average molecular weight is 400 g/mol. The van der Waals surface area contributed by atoms with E-state index in [2.05, 4.69) is 5.32 Å². The zero-order valence-corrected chi connectivity index (χ0v) is 16.1. The van der Waals surface area contributed by atoms with Crippen molar-refractivity contribution in [1.82, 2.24) is 0 Å². The minimum Gasteiger partial charge on any atom is -0.493 e. The quantitative estimate of drug-likeness (QED) is 0.313. The number of methoxy groups -OCH3 is 2. The van der Waals surface area contributed by atoms with Gasteiger partial charge >= 0.3 is 5.97 Å². The fourth-order valence-corrected chi connectivity index (χ4v) is 2.36. The first-order chi connectivity index (χ1) is 13.8. The molecule has 0 saturated carbocycles. The zero-order chi connectivity index (χ0) is 21.4. The highest BCUT2D eigenvalue weighted by molar-refractivity contribution is 5.98. The number of carbonyl (C=O) groups excluding carboxylic acids is 2. The summed E-state index contributed by atoms with van der Waals surface area (Å²) in [5.41, 5.74) is 0.426. The van der Waals surface area contributed by atoms with Crippen LogP contribution in [0.5, 0.6) is 11.5 Å². The van der Waals surface area contributed by atoms with E-state index >= 15 is 0 Å². The smallest absolute Gasteiger partial charge is 0.331 e. The molecule has 0 spiro atoms. The normalized spacial score (nSPS) is 11.6. The Labute approximate surface area is 167 Å². The summed E-state index contributed by atoms with van der Waals surface area (Å²) in [5.74, 6) is -0.384. The first kappa shape index (κ1) is 21.4. The number of amides is 1. The van der Waals surface area contributed by atoms with Crippen LogP contribution >= 0.6 is 0 Å². The third-order valence-corrected chi connectivity index (χ3v) is 3.84. The van der Waals surface area contributed by atoms with Gasteiger partial charge in [0.1, 0.15) is 5.69 Å². The van der Waals surface area contributed by atoms with E-state index < -0.39 is 22.9 Å². The van der Waals surface area contributed by atoms with Crippen LogP contribution in [0.25, 0.3) is 6.08 Å². The largest absolute Gasteiger partial charge is 0.493 e. The van der Waals surface area contributed by atoms with E-state index in [0.717, 1.165) is 6.08 Å². The molecule has 0 heterocycles. The van der Waals surface area contributed by atoms with Crippen molar-refractivity contribution < 1.29 is 28.7 Å². The van der Waals surface area contributed by atoms with Crippen molar-refractivity contribution in [2.45, 2.75) is 13.0 Å². The van der Waals surface area contributed by atoms with Crippen molar-refractivity contribution in [2.75, 3.05) is 19.5 Å². The van der Waals surface area contributed by atoms with Gasteiger partial charge in [-0.15, -0.1) is 0 Å². The number of benzene rings is 2. The van der Waals surface area contributed by atoms with E-state index in [-0.39, 0.29) is 11.4 Å². The van der Waals surface area contributed by atoms with E-state index in [1.807, 2.05) is 0 Å². The van der Waals surface area contributed by atoms with Crippen LogP contribution in [0.3, 0.4) is 0 Å². The summed E-state index contributed by atoms with van der Waals surface area (Å²) in [6.45, 7) is 1.37. The van der Waals surface area contributed by atoms with Crippen molar-refractivity contribution in [3.8, 4) is 11.5 Å². The number of rotatable bonds is 8. The van der Waals surface area contributed by atoms with Gasteiger partial charge < -0.3 is 19.5 Å². The Morgan fingerprint density at radius 3 is 2.45 bits per heavy atom. The minimum absolute atomic E-state index is 0.0197. The number of anilines is 1. The van der Waals surface area contributed by atoms with Crippen LogP contribution in [0.15, 0.2) is 48.5 Å². The van der Waals surface area contributed by atoms with Gasteiger partial charge in [-0.1, -0.05) is 18.2 Å². The Morgan fingerprint density at radius 2 is 1.79 bits per heavy atom. The lowest BCUT2D eigenvalue weighted by atomic mass is 10.2. The Bertz CT molecular complexity index is 940. The second-order valence-electron chi connectivity index (χ2n) is 5.79. The Kier molecular flexibility index (Phi) is 7.30. The molecule has 1 atom stereocenters. The molecule has 0 aliphatic rings. The van der Waals surface area contributed by atoms with Crippen LogP contribution in [-0.4, -0.2) is 37.1 Å². The standard InChI is InChI=1S/C20H20N2O7/c1-13(20(24)21-15-6-4-5-7-16(15)22(25)26)29-19(23)11-9-14-8-10-17(27-2)18(12-14)28-3/h4-13H,1-3H3,(H,21,24)/b11-9+/t13-/m1/s1. The van der Waals surface area contributed by atoms with E-state index in [9.17, 15) is 19.7 Å². The summed E-state index contributed by atoms with van der Waals surface area (Å²) < 4.78 is 15.4. The van der Waals surface area contributed by atoms with Gasteiger partial charge in [-0.3, -0.25) is 14.9 Å². The van der Waals surface area contributed by atoms with E-state index in [4.69, 9.17) is 14.2 Å². The molecule has 0 aliphatic carbocycles. The molecule has 29 heavy (non-hydrogen) atoms. The molecule has 0 unspecified atom stereocenters. The maximum Gasteiger partial charge on any atom is 0.331 e. The van der Waals surface area contributed by atoms with Crippen LogP contribution in [-0.2, 0) is 14.3 Å². The van der Waals surface area contributed by atoms with Gasteiger partial charge in [0.15, 0.2) is 17.6 Å². The third kappa shape index (κ3) is 5.80. The summed E-state index contributed by atoms with van der Waals surface area (Å²) in [6.07, 6.45) is 1.50. The lowest BCUT2D eigenvalue weighted by Crippen LogP contribution is -2.29. The zero-order valence-electron chi connectivity index (χ0n) is 16.1. The third-order valence-electron chi connectivity index (χ3n) is 3.84. The highest BCUT2D eigenvalue weighted by Crippen LogP contribution is 2.28. The number of nitro benzene ring substituents is 1. The molecule has 1 N–H and O–H groups in total. The van der Waals surface area contributed by atoms with Crippen LogP contribution in [0.1, 0.15) is 12.5 Å². The molecule has 2 aromatic rings. The molecular weight excluding hydrogens is 380 g/mol. The molecule has 0 fully saturated rings. The van der Waals surface area contributed by atoms with Crippen LogP contribution < -0.4 is 14.8 Å². The number of esters is 1. The first-order valence-electron chi connectivity index (χ1n) is 8.50. The van der Waals surface area contributed by atoms with Crippen molar-refractivity contribution in [3.05, 3.63) is 64.2 Å². The predicted octanol–water partition coefficient (Wildman–Crippen LogP) is 3.20. The SMILES string of the molecule is COc1ccc(/C=C/C(=O)O[C@H](C)C(=O)Nc2ccccc2[N+](=O)[O-])cc1OC. The summed E-state index contributed by atoms with van der Waals surface area (Å²) in [6, 6.07) is 10.8. The number of nitrogens with zero attached hydrogens (tertiary/aromatic N) is 1. The molecule has 0 aromatic heterocycles. The van der Waals surface area contributed by atoms with E-state index in [1.54, 1.807) is 24.3 Å². The van der Waals surface area contributed by atoms with Crippen LogP contribution in [0.2, 0.25) is 0 Å². The summed E-state index contributed by atoms with van der Waals surface area (Å²) >= 11 is 0. The summed E-state index contributed by atoms with van der Waals surface area (Å²) in [4.78, 5) is 34.6. The molecule has 152 valence electrons. The van der Waals surface area contributed by atoms with Gasteiger partial charge in [0.25, 0.3) is 11.6 Å². The van der Waals surface area contributed by atoms with Crippen molar-refractivity contribution in [1.29, 1.82) is 0 Å². The van der Waals surface area contributed by atoms with Crippen molar-refractivity contribution >= 4 is 29.3 Å². The molecular formula is C20H20N2O7. The number of hydrogen-bond acceptors (Lipinski definition) is 7. The molecule has 0 bridgehead atoms.